The molecule has 0 radical (unpaired) electrons. The van der Waals surface area contributed by atoms with Crippen LogP contribution in [0.15, 0.2) is 43.0 Å². The fraction of sp³-hybridized carbons (Fsp3) is 0.458. The normalized spacial score (nSPS) is 14.9. The van der Waals surface area contributed by atoms with Gasteiger partial charge in [0.2, 0.25) is 0 Å². The molecule has 0 atom stereocenters. The third kappa shape index (κ3) is 4.04. The minimum Gasteiger partial charge on any atom is -0.496 e. The van der Waals surface area contributed by atoms with Gasteiger partial charge in [-0.1, -0.05) is 25.3 Å². The molecule has 30 heavy (non-hydrogen) atoms. The third-order valence-electron chi connectivity index (χ3n) is 6.06. The Morgan fingerprint density at radius 3 is 2.77 bits per heavy atom. The lowest BCUT2D eigenvalue weighted by Gasteiger charge is -2.37. The molecule has 6 heteroatoms. The third-order valence-corrected chi connectivity index (χ3v) is 6.06. The smallest absolute Gasteiger partial charge is 0.254 e. The molecule has 1 saturated carbocycles. The molecule has 0 saturated heterocycles. The van der Waals surface area contributed by atoms with Crippen molar-refractivity contribution in [1.82, 2.24) is 19.4 Å². The molecule has 0 aliphatic heterocycles. The minimum absolute atomic E-state index is 0.0963. The first-order chi connectivity index (χ1) is 14.6. The van der Waals surface area contributed by atoms with Crippen molar-refractivity contribution in [3.05, 3.63) is 54.1 Å². The van der Waals surface area contributed by atoms with Crippen molar-refractivity contribution < 1.29 is 9.53 Å². The summed E-state index contributed by atoms with van der Waals surface area (Å²) in [5, 5.41) is 0. The number of imidazole rings is 1. The molecule has 4 rings (SSSR count). The number of ether oxygens (including phenoxy) is 1. The molecule has 2 aromatic heterocycles. The summed E-state index contributed by atoms with van der Waals surface area (Å²) in [7, 11) is 1.65. The summed E-state index contributed by atoms with van der Waals surface area (Å²) in [5.41, 5.74) is 3.58. The summed E-state index contributed by atoms with van der Waals surface area (Å²) in [6.07, 6.45) is 11.3. The Labute approximate surface area is 177 Å². The maximum absolute atomic E-state index is 13.4. The highest BCUT2D eigenvalue weighted by Crippen LogP contribution is 2.28. The molecule has 0 bridgehead atoms. The number of amides is 1. The molecule has 0 unspecified atom stereocenters. The second-order valence-electron chi connectivity index (χ2n) is 8.36. The summed E-state index contributed by atoms with van der Waals surface area (Å²) in [6.45, 7) is 4.82. The van der Waals surface area contributed by atoms with Gasteiger partial charge >= 0.3 is 0 Å². The quantitative estimate of drug-likeness (QED) is 0.597. The van der Waals surface area contributed by atoms with Gasteiger partial charge in [0.05, 0.1) is 37.2 Å². The predicted molar refractivity (Wildman–Crippen MR) is 118 cm³/mol. The van der Waals surface area contributed by atoms with Crippen molar-refractivity contribution in [2.75, 3.05) is 7.11 Å². The molecule has 3 aromatic rings. The Morgan fingerprint density at radius 2 is 2.03 bits per heavy atom. The zero-order valence-corrected chi connectivity index (χ0v) is 18.0. The number of carbonyl (C=O) groups is 1. The lowest BCUT2D eigenvalue weighted by atomic mass is 9.92. The van der Waals surface area contributed by atoms with Gasteiger partial charge < -0.3 is 14.2 Å². The van der Waals surface area contributed by atoms with E-state index in [0.717, 1.165) is 35.2 Å². The van der Waals surface area contributed by atoms with Crippen molar-refractivity contribution in [2.24, 2.45) is 0 Å². The summed E-state index contributed by atoms with van der Waals surface area (Å²) >= 11 is 0. The number of benzene rings is 1. The van der Waals surface area contributed by atoms with Gasteiger partial charge in [-0.2, -0.15) is 0 Å². The van der Waals surface area contributed by atoms with Crippen LogP contribution in [-0.4, -0.2) is 44.5 Å². The van der Waals surface area contributed by atoms with Crippen LogP contribution in [0.3, 0.4) is 0 Å². The summed E-state index contributed by atoms with van der Waals surface area (Å²) < 4.78 is 7.71. The van der Waals surface area contributed by atoms with E-state index < -0.39 is 0 Å². The average molecular weight is 407 g/mol. The molecule has 6 nitrogen and oxygen atoms in total. The molecule has 0 spiro atoms. The lowest BCUT2D eigenvalue weighted by molar-refractivity contribution is 0.0555. The highest BCUT2D eigenvalue weighted by molar-refractivity contribution is 5.95. The number of methoxy groups -OCH3 is 1. The van der Waals surface area contributed by atoms with Crippen LogP contribution in [-0.2, 0) is 6.54 Å². The fourth-order valence-electron chi connectivity index (χ4n) is 4.55. The summed E-state index contributed by atoms with van der Waals surface area (Å²) in [4.78, 5) is 24.1. The van der Waals surface area contributed by atoms with Gasteiger partial charge in [-0.25, -0.2) is 4.98 Å². The van der Waals surface area contributed by atoms with Gasteiger partial charge in [-0.3, -0.25) is 9.78 Å². The van der Waals surface area contributed by atoms with Crippen molar-refractivity contribution in [1.29, 1.82) is 0 Å². The van der Waals surface area contributed by atoms with E-state index in [2.05, 4.69) is 28.7 Å². The maximum Gasteiger partial charge on any atom is 0.254 e. The van der Waals surface area contributed by atoms with Crippen LogP contribution in [0.5, 0.6) is 5.75 Å². The SMILES string of the molecule is COc1cc(C(=O)N(C(C)C)C2CCCCC2)ccc1Cn1cnc2ccncc21. The molecule has 2 heterocycles. The molecule has 1 fully saturated rings. The maximum atomic E-state index is 13.4. The molecule has 1 aliphatic carbocycles. The van der Waals surface area contributed by atoms with Crippen molar-refractivity contribution >= 4 is 16.9 Å². The number of fused-ring (bicyclic) bond motifs is 1. The Bertz CT molecular complexity index is 1020. The molecule has 1 aliphatic rings. The van der Waals surface area contributed by atoms with Gasteiger partial charge in [0, 0.05) is 29.4 Å². The van der Waals surface area contributed by atoms with E-state index in [4.69, 9.17) is 4.74 Å². The number of carbonyl (C=O) groups excluding carboxylic acids is 1. The predicted octanol–water partition coefficient (Wildman–Crippen LogP) is 4.67. The summed E-state index contributed by atoms with van der Waals surface area (Å²) in [6, 6.07) is 8.21. The molecule has 158 valence electrons. The Hall–Kier alpha value is -2.89. The van der Waals surface area contributed by atoms with Crippen LogP contribution in [0.2, 0.25) is 0 Å². The van der Waals surface area contributed by atoms with Gasteiger partial charge in [-0.15, -0.1) is 0 Å². The molecule has 0 N–H and O–H groups in total. The van der Waals surface area contributed by atoms with Gasteiger partial charge in [0.15, 0.2) is 0 Å². The highest BCUT2D eigenvalue weighted by Gasteiger charge is 2.28. The number of hydrogen-bond donors (Lipinski definition) is 0. The van der Waals surface area contributed by atoms with E-state index in [1.807, 2.05) is 41.4 Å². The van der Waals surface area contributed by atoms with Crippen molar-refractivity contribution in [3.8, 4) is 5.75 Å². The lowest BCUT2D eigenvalue weighted by Crippen LogP contribution is -2.45. The van der Waals surface area contributed by atoms with Crippen LogP contribution in [0.1, 0.15) is 61.9 Å². The van der Waals surface area contributed by atoms with Crippen molar-refractivity contribution in [3.63, 3.8) is 0 Å². The first-order valence-electron chi connectivity index (χ1n) is 10.8. The summed E-state index contributed by atoms with van der Waals surface area (Å²) in [5.74, 6) is 0.818. The number of hydrogen-bond acceptors (Lipinski definition) is 4. The van der Waals surface area contributed by atoms with Crippen LogP contribution >= 0.6 is 0 Å². The van der Waals surface area contributed by atoms with Crippen LogP contribution in [0, 0.1) is 0 Å². The largest absolute Gasteiger partial charge is 0.496 e. The van der Waals surface area contributed by atoms with E-state index in [1.165, 1.54) is 19.3 Å². The topological polar surface area (TPSA) is 60.2 Å². The Kier molecular flexibility index (Phi) is 6.02. The Morgan fingerprint density at radius 1 is 1.23 bits per heavy atom. The minimum atomic E-state index is 0.0963. The second-order valence-corrected chi connectivity index (χ2v) is 8.36. The number of rotatable bonds is 6. The number of nitrogens with zero attached hydrogens (tertiary/aromatic N) is 4. The van der Waals surface area contributed by atoms with E-state index >= 15 is 0 Å². The van der Waals surface area contributed by atoms with E-state index in [-0.39, 0.29) is 11.9 Å². The van der Waals surface area contributed by atoms with Crippen LogP contribution in [0.25, 0.3) is 11.0 Å². The molecular weight excluding hydrogens is 376 g/mol. The van der Waals surface area contributed by atoms with Gasteiger partial charge in [-0.05, 0) is 44.9 Å². The second kappa shape index (κ2) is 8.86. The van der Waals surface area contributed by atoms with Crippen LogP contribution < -0.4 is 4.74 Å². The van der Waals surface area contributed by atoms with E-state index in [1.54, 1.807) is 13.3 Å². The zero-order valence-electron chi connectivity index (χ0n) is 18.0. The highest BCUT2D eigenvalue weighted by atomic mass is 16.5. The van der Waals surface area contributed by atoms with E-state index in [9.17, 15) is 4.79 Å². The fourth-order valence-corrected chi connectivity index (χ4v) is 4.55. The zero-order chi connectivity index (χ0) is 21.1. The van der Waals surface area contributed by atoms with Crippen LogP contribution in [0.4, 0.5) is 0 Å². The number of pyridine rings is 1. The monoisotopic (exact) mass is 406 g/mol. The van der Waals surface area contributed by atoms with Gasteiger partial charge in [0.25, 0.3) is 5.91 Å². The molecular formula is C24H30N4O2. The molecule has 1 amide bonds. The standard InChI is InChI=1S/C24H30N4O2/c1-17(2)28(20-7-5-4-6-8-20)24(29)18-9-10-19(23(13-18)30-3)15-27-16-26-21-11-12-25-14-22(21)27/h9-14,16-17,20H,4-8,15H2,1-3H3. The average Bonchev–Trinajstić information content (AvgIpc) is 3.17. The first kappa shape index (κ1) is 20.4. The first-order valence-corrected chi connectivity index (χ1v) is 10.8. The van der Waals surface area contributed by atoms with E-state index in [0.29, 0.717) is 18.2 Å². The van der Waals surface area contributed by atoms with Crippen molar-refractivity contribution in [2.45, 2.75) is 64.6 Å². The Balaban J connectivity index is 1.60. The number of aromatic nitrogens is 3. The van der Waals surface area contributed by atoms with Gasteiger partial charge in [0.1, 0.15) is 5.75 Å². The molecule has 1 aromatic carbocycles.